The van der Waals surface area contributed by atoms with Crippen LogP contribution in [0.3, 0.4) is 0 Å². The van der Waals surface area contributed by atoms with Gasteiger partial charge >= 0.3 is 0 Å². The predicted molar refractivity (Wildman–Crippen MR) is 93.7 cm³/mol. The lowest BCUT2D eigenvalue weighted by molar-refractivity contribution is 0.0955. The second-order valence-corrected chi connectivity index (χ2v) is 7.85. The third-order valence-electron chi connectivity index (χ3n) is 3.19. The van der Waals surface area contributed by atoms with Crippen LogP contribution in [-0.2, 0) is 10.0 Å². The molecule has 1 heterocycles. The van der Waals surface area contributed by atoms with Gasteiger partial charge in [-0.2, -0.15) is 5.10 Å². The molecule has 2 aromatic rings. The Hall–Kier alpha value is -2.19. The van der Waals surface area contributed by atoms with E-state index in [1.54, 1.807) is 35.6 Å². The first-order valence-corrected chi connectivity index (χ1v) is 9.44. The summed E-state index contributed by atoms with van der Waals surface area (Å²) >= 11 is 1.54. The average Bonchev–Trinajstić information content (AvgIpc) is 3.05. The molecule has 0 aliphatic carbocycles. The number of carbonyl (C=O) groups is 1. The number of hydrogen-bond acceptors (Lipinski definition) is 5. The number of nitrogens with one attached hydrogen (secondary N) is 1. The topological polar surface area (TPSA) is 78.8 Å². The van der Waals surface area contributed by atoms with Crippen molar-refractivity contribution < 1.29 is 13.2 Å². The SMILES string of the molecule is C/C(=N/NC(=O)c1ccc(N(C)S(C)(=O)=O)cc1)c1cccs1. The molecule has 0 fully saturated rings. The second kappa shape index (κ2) is 6.93. The van der Waals surface area contributed by atoms with Crippen LogP contribution >= 0.6 is 11.3 Å². The van der Waals surface area contributed by atoms with E-state index in [1.165, 1.54) is 7.05 Å². The molecule has 122 valence electrons. The highest BCUT2D eigenvalue weighted by atomic mass is 32.2. The Balaban J connectivity index is 2.08. The smallest absolute Gasteiger partial charge is 0.271 e. The maximum Gasteiger partial charge on any atom is 0.271 e. The van der Waals surface area contributed by atoms with E-state index in [0.717, 1.165) is 21.1 Å². The molecule has 1 aromatic carbocycles. The van der Waals surface area contributed by atoms with E-state index in [4.69, 9.17) is 0 Å². The van der Waals surface area contributed by atoms with Gasteiger partial charge in [0.05, 0.1) is 17.7 Å². The fourth-order valence-corrected chi connectivity index (χ4v) is 2.93. The number of carbonyl (C=O) groups excluding carboxylic acids is 1. The van der Waals surface area contributed by atoms with Crippen molar-refractivity contribution in [3.8, 4) is 0 Å². The first-order chi connectivity index (χ1) is 10.8. The normalized spacial score (nSPS) is 12.0. The molecule has 23 heavy (non-hydrogen) atoms. The van der Waals surface area contributed by atoms with Gasteiger partial charge < -0.3 is 0 Å². The van der Waals surface area contributed by atoms with Crippen LogP contribution in [0.5, 0.6) is 0 Å². The Morgan fingerprint density at radius 3 is 2.39 bits per heavy atom. The molecule has 0 radical (unpaired) electrons. The molecule has 8 heteroatoms. The minimum atomic E-state index is -3.32. The van der Waals surface area contributed by atoms with Gasteiger partial charge in [-0.25, -0.2) is 13.8 Å². The van der Waals surface area contributed by atoms with E-state index in [0.29, 0.717) is 11.3 Å². The number of amides is 1. The molecular formula is C15H17N3O3S2. The lowest BCUT2D eigenvalue weighted by Crippen LogP contribution is -2.25. The molecule has 2 rings (SSSR count). The Morgan fingerprint density at radius 2 is 1.87 bits per heavy atom. The lowest BCUT2D eigenvalue weighted by atomic mass is 10.2. The number of rotatable bonds is 5. The van der Waals surface area contributed by atoms with Crippen LogP contribution < -0.4 is 9.73 Å². The summed E-state index contributed by atoms with van der Waals surface area (Å²) in [5.41, 5.74) is 4.10. The number of benzene rings is 1. The van der Waals surface area contributed by atoms with Crippen molar-refractivity contribution in [3.63, 3.8) is 0 Å². The highest BCUT2D eigenvalue weighted by Gasteiger charge is 2.12. The number of nitrogens with zero attached hydrogens (tertiary/aromatic N) is 2. The summed E-state index contributed by atoms with van der Waals surface area (Å²) in [5.74, 6) is -0.352. The third-order valence-corrected chi connectivity index (χ3v) is 5.38. The van der Waals surface area contributed by atoms with E-state index in [-0.39, 0.29) is 5.91 Å². The average molecular weight is 351 g/mol. The van der Waals surface area contributed by atoms with E-state index in [2.05, 4.69) is 10.5 Å². The zero-order valence-electron chi connectivity index (χ0n) is 13.0. The van der Waals surface area contributed by atoms with E-state index < -0.39 is 10.0 Å². The van der Waals surface area contributed by atoms with Gasteiger partial charge in [0.15, 0.2) is 0 Å². The number of thiophene rings is 1. The maximum absolute atomic E-state index is 12.1. The Kier molecular flexibility index (Phi) is 5.17. The van der Waals surface area contributed by atoms with Crippen molar-refractivity contribution in [1.29, 1.82) is 0 Å². The molecule has 1 N–H and O–H groups in total. The summed E-state index contributed by atoms with van der Waals surface area (Å²) in [6, 6.07) is 10.1. The van der Waals surface area contributed by atoms with Crippen molar-refractivity contribution in [2.24, 2.45) is 5.10 Å². The summed E-state index contributed by atoms with van der Waals surface area (Å²) in [5, 5.41) is 6.00. The van der Waals surface area contributed by atoms with Gasteiger partial charge in [0.1, 0.15) is 0 Å². The molecule has 0 aliphatic heterocycles. The molecule has 1 aromatic heterocycles. The van der Waals surface area contributed by atoms with Gasteiger partial charge in [0, 0.05) is 17.5 Å². The molecule has 6 nitrogen and oxygen atoms in total. The molecule has 0 aliphatic rings. The van der Waals surface area contributed by atoms with Crippen LogP contribution in [0.2, 0.25) is 0 Å². The van der Waals surface area contributed by atoms with Crippen LogP contribution in [-0.4, -0.2) is 33.3 Å². The number of anilines is 1. The van der Waals surface area contributed by atoms with Crippen LogP contribution in [0.15, 0.2) is 46.9 Å². The Morgan fingerprint density at radius 1 is 1.22 bits per heavy atom. The van der Waals surface area contributed by atoms with E-state index in [9.17, 15) is 13.2 Å². The van der Waals surface area contributed by atoms with Gasteiger partial charge in [-0.05, 0) is 42.6 Å². The van der Waals surface area contributed by atoms with Crippen molar-refractivity contribution in [2.45, 2.75) is 6.92 Å². The van der Waals surface area contributed by atoms with Gasteiger partial charge in [-0.15, -0.1) is 11.3 Å². The van der Waals surface area contributed by atoms with Crippen LogP contribution in [0.1, 0.15) is 22.2 Å². The van der Waals surface area contributed by atoms with Gasteiger partial charge in [0.2, 0.25) is 10.0 Å². The van der Waals surface area contributed by atoms with Crippen molar-refractivity contribution in [2.75, 3.05) is 17.6 Å². The largest absolute Gasteiger partial charge is 0.274 e. The highest BCUT2D eigenvalue weighted by molar-refractivity contribution is 7.92. The van der Waals surface area contributed by atoms with Gasteiger partial charge in [-0.3, -0.25) is 9.10 Å². The molecule has 1 amide bonds. The fraction of sp³-hybridized carbons (Fsp3) is 0.200. The van der Waals surface area contributed by atoms with Gasteiger partial charge in [-0.1, -0.05) is 6.07 Å². The van der Waals surface area contributed by atoms with Crippen molar-refractivity contribution in [1.82, 2.24) is 5.43 Å². The zero-order chi connectivity index (χ0) is 17.0. The summed E-state index contributed by atoms with van der Waals surface area (Å²) in [6.07, 6.45) is 1.12. The van der Waals surface area contributed by atoms with E-state index >= 15 is 0 Å². The first kappa shape index (κ1) is 17.2. The molecule has 0 atom stereocenters. The predicted octanol–water partition coefficient (Wildman–Crippen LogP) is 2.30. The second-order valence-electron chi connectivity index (χ2n) is 4.89. The number of hydrogen-bond donors (Lipinski definition) is 1. The van der Waals surface area contributed by atoms with Crippen LogP contribution in [0, 0.1) is 0 Å². The van der Waals surface area contributed by atoms with Crippen LogP contribution in [0.4, 0.5) is 5.69 Å². The molecule has 0 saturated heterocycles. The van der Waals surface area contributed by atoms with Crippen molar-refractivity contribution >= 4 is 38.7 Å². The zero-order valence-corrected chi connectivity index (χ0v) is 14.6. The molecule has 0 saturated carbocycles. The summed E-state index contributed by atoms with van der Waals surface area (Å²) in [6.45, 7) is 1.82. The summed E-state index contributed by atoms with van der Waals surface area (Å²) in [7, 11) is -1.87. The van der Waals surface area contributed by atoms with Crippen LogP contribution in [0.25, 0.3) is 0 Å². The maximum atomic E-state index is 12.1. The quantitative estimate of drug-likeness (QED) is 0.663. The standard InChI is InChI=1S/C15H17N3O3S2/c1-11(14-5-4-10-22-14)16-17-15(19)12-6-8-13(9-7-12)18(2)23(3,20)21/h4-10H,1-3H3,(H,17,19)/b16-11-. The molecule has 0 spiro atoms. The lowest BCUT2D eigenvalue weighted by Gasteiger charge is -2.16. The first-order valence-electron chi connectivity index (χ1n) is 6.71. The number of hydrazone groups is 1. The fourth-order valence-electron chi connectivity index (χ4n) is 1.75. The third kappa shape index (κ3) is 4.40. The minimum Gasteiger partial charge on any atom is -0.274 e. The monoisotopic (exact) mass is 351 g/mol. The van der Waals surface area contributed by atoms with E-state index in [1.807, 2.05) is 24.4 Å². The summed E-state index contributed by atoms with van der Waals surface area (Å²) in [4.78, 5) is 13.0. The van der Waals surface area contributed by atoms with Gasteiger partial charge in [0.25, 0.3) is 5.91 Å². The summed E-state index contributed by atoms with van der Waals surface area (Å²) < 4.78 is 24.1. The Labute approximate surface area is 139 Å². The molecule has 0 bridgehead atoms. The number of sulfonamides is 1. The molecule has 0 unspecified atom stereocenters. The molecular weight excluding hydrogens is 334 g/mol. The minimum absolute atomic E-state index is 0.352. The highest BCUT2D eigenvalue weighted by Crippen LogP contribution is 2.16. The van der Waals surface area contributed by atoms with Crippen molar-refractivity contribution in [3.05, 3.63) is 52.2 Å². The Bertz CT molecular complexity index is 810.